The van der Waals surface area contributed by atoms with Crippen LogP contribution in [0.3, 0.4) is 0 Å². The summed E-state index contributed by atoms with van der Waals surface area (Å²) in [6.45, 7) is 3.65. The Bertz CT molecular complexity index is 1410. The topological polar surface area (TPSA) is 89.9 Å². The van der Waals surface area contributed by atoms with Crippen molar-refractivity contribution >= 4 is 17.7 Å². The van der Waals surface area contributed by atoms with E-state index in [1.807, 2.05) is 60.9 Å². The third-order valence-electron chi connectivity index (χ3n) is 7.30. The van der Waals surface area contributed by atoms with Gasteiger partial charge >= 0.3 is 6.03 Å². The van der Waals surface area contributed by atoms with Gasteiger partial charge in [-0.05, 0) is 62.4 Å². The summed E-state index contributed by atoms with van der Waals surface area (Å²) in [5.41, 5.74) is 3.72. The van der Waals surface area contributed by atoms with Crippen molar-refractivity contribution in [2.45, 2.75) is 38.6 Å². The normalized spacial score (nSPS) is 20.3. The number of aromatic nitrogens is 1. The number of hydrogen-bond donors (Lipinski definition) is 1. The predicted molar refractivity (Wildman–Crippen MR) is 127 cm³/mol. The summed E-state index contributed by atoms with van der Waals surface area (Å²) in [6, 6.07) is 14.6. The van der Waals surface area contributed by atoms with Gasteiger partial charge in [-0.2, -0.15) is 0 Å². The van der Waals surface area contributed by atoms with Gasteiger partial charge in [0.05, 0.1) is 6.54 Å². The number of imide groups is 1. The molecular weight excluding hydrogens is 446 g/mol. The molecular formula is C27H25N3O5. The molecule has 1 fully saturated rings. The molecule has 178 valence electrons. The Morgan fingerprint density at radius 3 is 2.71 bits per heavy atom. The molecule has 8 nitrogen and oxygen atoms in total. The highest BCUT2D eigenvalue weighted by Crippen LogP contribution is 2.40. The Labute approximate surface area is 202 Å². The minimum atomic E-state index is -1.09. The first kappa shape index (κ1) is 21.5. The summed E-state index contributed by atoms with van der Waals surface area (Å²) in [5, 5.41) is 2.92. The first-order valence-electron chi connectivity index (χ1n) is 11.7. The number of hydrogen-bond acceptors (Lipinski definition) is 5. The van der Waals surface area contributed by atoms with Crippen LogP contribution in [0, 0.1) is 13.8 Å². The number of aryl methyl sites for hydroxylation is 2. The maximum Gasteiger partial charge on any atom is 0.325 e. The van der Waals surface area contributed by atoms with Gasteiger partial charge in [0, 0.05) is 28.7 Å². The molecule has 3 heterocycles. The molecule has 0 saturated carbocycles. The molecule has 1 atom stereocenters. The second-order valence-electron chi connectivity index (χ2n) is 9.32. The van der Waals surface area contributed by atoms with E-state index in [-0.39, 0.29) is 25.0 Å². The molecule has 3 amide bonds. The van der Waals surface area contributed by atoms with Gasteiger partial charge in [-0.3, -0.25) is 14.5 Å². The lowest BCUT2D eigenvalue weighted by Crippen LogP contribution is -2.46. The Hall–Kier alpha value is -4.07. The first-order chi connectivity index (χ1) is 16.9. The largest absolute Gasteiger partial charge is 0.454 e. The molecule has 2 aromatic carbocycles. The second-order valence-corrected chi connectivity index (χ2v) is 9.32. The van der Waals surface area contributed by atoms with E-state index >= 15 is 0 Å². The van der Waals surface area contributed by atoms with E-state index in [1.54, 1.807) is 6.07 Å². The van der Waals surface area contributed by atoms with Crippen LogP contribution in [0.2, 0.25) is 0 Å². The van der Waals surface area contributed by atoms with Crippen molar-refractivity contribution in [2.75, 3.05) is 13.3 Å². The monoisotopic (exact) mass is 471 g/mol. The molecule has 0 radical (unpaired) electrons. The Kier molecular flexibility index (Phi) is 4.74. The quantitative estimate of drug-likeness (QED) is 0.462. The maximum atomic E-state index is 13.6. The van der Waals surface area contributed by atoms with Crippen LogP contribution in [0.25, 0.3) is 5.69 Å². The molecule has 1 aromatic heterocycles. The van der Waals surface area contributed by atoms with Crippen LogP contribution in [0.15, 0.2) is 48.5 Å². The van der Waals surface area contributed by atoms with Crippen molar-refractivity contribution in [2.24, 2.45) is 0 Å². The maximum absolute atomic E-state index is 13.6. The number of ether oxygens (including phenoxy) is 2. The van der Waals surface area contributed by atoms with Crippen LogP contribution in [0.1, 0.15) is 45.7 Å². The first-order valence-corrected chi connectivity index (χ1v) is 11.7. The third-order valence-corrected chi connectivity index (χ3v) is 7.30. The van der Waals surface area contributed by atoms with E-state index in [0.717, 1.165) is 45.9 Å². The number of amides is 3. The second kappa shape index (κ2) is 7.73. The molecule has 1 N–H and O–H groups in total. The van der Waals surface area contributed by atoms with Crippen molar-refractivity contribution in [1.29, 1.82) is 0 Å². The van der Waals surface area contributed by atoms with Gasteiger partial charge < -0.3 is 19.4 Å². The van der Waals surface area contributed by atoms with Crippen molar-refractivity contribution in [1.82, 2.24) is 14.8 Å². The van der Waals surface area contributed by atoms with Crippen LogP contribution in [-0.4, -0.2) is 40.5 Å². The fraction of sp³-hybridized carbons (Fsp3) is 0.296. The number of nitrogens with one attached hydrogen (secondary N) is 1. The van der Waals surface area contributed by atoms with E-state index in [9.17, 15) is 14.4 Å². The highest BCUT2D eigenvalue weighted by atomic mass is 16.7. The number of carbonyl (C=O) groups is 3. The number of rotatable bonds is 4. The number of nitrogens with zero attached hydrogens (tertiary/aromatic N) is 2. The number of carbonyl (C=O) groups excluding carboxylic acids is 3. The van der Waals surface area contributed by atoms with Crippen LogP contribution in [-0.2, 0) is 16.8 Å². The highest BCUT2D eigenvalue weighted by molar-refractivity contribution is 6.12. The van der Waals surface area contributed by atoms with E-state index in [1.165, 1.54) is 0 Å². The summed E-state index contributed by atoms with van der Waals surface area (Å²) in [7, 11) is 0. The smallest absolute Gasteiger partial charge is 0.325 e. The average Bonchev–Trinajstić information content (AvgIpc) is 3.50. The van der Waals surface area contributed by atoms with Gasteiger partial charge in [0.25, 0.3) is 5.91 Å². The molecule has 3 aliphatic rings. The van der Waals surface area contributed by atoms with Crippen LogP contribution in [0.5, 0.6) is 11.5 Å². The third kappa shape index (κ3) is 3.16. The molecule has 8 heteroatoms. The van der Waals surface area contributed by atoms with Gasteiger partial charge in [-0.25, -0.2) is 4.79 Å². The zero-order chi connectivity index (χ0) is 24.3. The molecule has 1 saturated heterocycles. The Morgan fingerprint density at radius 2 is 1.86 bits per heavy atom. The molecule has 35 heavy (non-hydrogen) atoms. The van der Waals surface area contributed by atoms with Gasteiger partial charge in [-0.1, -0.05) is 24.3 Å². The average molecular weight is 472 g/mol. The molecule has 0 unspecified atom stereocenters. The summed E-state index contributed by atoms with van der Waals surface area (Å²) in [5.74, 6) is 0.701. The number of ketones is 1. The highest BCUT2D eigenvalue weighted by Gasteiger charge is 2.54. The van der Waals surface area contributed by atoms with Gasteiger partial charge in [0.1, 0.15) is 5.54 Å². The van der Waals surface area contributed by atoms with Crippen LogP contribution < -0.4 is 14.8 Å². The zero-order valence-electron chi connectivity index (χ0n) is 19.6. The fourth-order valence-corrected chi connectivity index (χ4v) is 5.65. The molecule has 2 aliphatic heterocycles. The molecule has 1 spiro atoms. The van der Waals surface area contributed by atoms with Gasteiger partial charge in [0.15, 0.2) is 17.3 Å². The van der Waals surface area contributed by atoms with Gasteiger partial charge in [0.2, 0.25) is 6.79 Å². The lowest BCUT2D eigenvalue weighted by Gasteiger charge is -2.33. The number of urea groups is 1. The van der Waals surface area contributed by atoms with Crippen molar-refractivity contribution in [3.05, 3.63) is 76.6 Å². The van der Waals surface area contributed by atoms with E-state index in [4.69, 9.17) is 9.47 Å². The summed E-state index contributed by atoms with van der Waals surface area (Å²) >= 11 is 0. The van der Waals surface area contributed by atoms with Crippen molar-refractivity contribution in [3.63, 3.8) is 0 Å². The van der Waals surface area contributed by atoms with Crippen LogP contribution in [0.4, 0.5) is 4.79 Å². The Morgan fingerprint density at radius 1 is 1.06 bits per heavy atom. The van der Waals surface area contributed by atoms with E-state index in [2.05, 4.69) is 5.32 Å². The predicted octanol–water partition coefficient (Wildman–Crippen LogP) is 3.79. The minimum absolute atomic E-state index is 0.185. The number of fused-ring (bicyclic) bond motifs is 3. The minimum Gasteiger partial charge on any atom is -0.454 e. The molecule has 6 rings (SSSR count). The Balaban J connectivity index is 1.29. The van der Waals surface area contributed by atoms with Crippen molar-refractivity contribution in [3.8, 4) is 17.2 Å². The molecule has 1 aliphatic carbocycles. The summed E-state index contributed by atoms with van der Waals surface area (Å²) in [4.78, 5) is 40.9. The molecule has 0 bridgehead atoms. The summed E-state index contributed by atoms with van der Waals surface area (Å²) < 4.78 is 12.9. The summed E-state index contributed by atoms with van der Waals surface area (Å²) in [6.07, 6.45) is 2.19. The standard InChI is InChI=1S/C27H25N3O5/c1-16-12-20(17(2)30(16)19-9-10-23-24(13-19)35-15-34-23)22(31)14-29-25(32)27(28-26(29)33)11-5-7-18-6-3-4-8-21(18)27/h3-4,6,8-10,12-13H,5,7,11,14-15H2,1-2H3,(H,28,33)/t27-/m1/s1. The van der Waals surface area contributed by atoms with E-state index < -0.39 is 11.6 Å². The fourth-order valence-electron chi connectivity index (χ4n) is 5.65. The number of Topliss-reactive ketones (excluding diaryl/α,β-unsaturated/α-hetero) is 1. The van der Waals surface area contributed by atoms with Crippen molar-refractivity contribution < 1.29 is 23.9 Å². The zero-order valence-corrected chi connectivity index (χ0v) is 19.6. The molecule has 3 aromatic rings. The van der Waals surface area contributed by atoms with Gasteiger partial charge in [-0.15, -0.1) is 0 Å². The van der Waals surface area contributed by atoms with E-state index in [0.29, 0.717) is 23.5 Å². The van der Waals surface area contributed by atoms with Crippen LogP contribution >= 0.6 is 0 Å². The lowest BCUT2D eigenvalue weighted by atomic mass is 9.76. The SMILES string of the molecule is Cc1cc(C(=O)CN2C(=O)N[C@@]3(CCCc4ccccc43)C2=O)c(C)n1-c1ccc2c(c1)OCO2. The number of benzene rings is 2. The lowest BCUT2D eigenvalue weighted by molar-refractivity contribution is -0.131.